The number of ether oxygens (including phenoxy) is 2. The van der Waals surface area contributed by atoms with Gasteiger partial charge in [-0.25, -0.2) is 4.52 Å². The van der Waals surface area contributed by atoms with Gasteiger partial charge in [0.15, 0.2) is 0 Å². The Labute approximate surface area is 156 Å². The minimum Gasteiger partial charge on any atom is -0.497 e. The van der Waals surface area contributed by atoms with Crippen molar-refractivity contribution in [3.05, 3.63) is 59.9 Å². The van der Waals surface area contributed by atoms with Crippen LogP contribution in [0.1, 0.15) is 29.3 Å². The molecule has 0 radical (unpaired) electrons. The predicted molar refractivity (Wildman–Crippen MR) is 97.4 cm³/mol. The van der Waals surface area contributed by atoms with Crippen LogP contribution in [0.2, 0.25) is 0 Å². The Hall–Kier alpha value is -3.42. The lowest BCUT2D eigenvalue weighted by molar-refractivity contribution is -0.142. The number of aromatic nitrogens is 3. The van der Waals surface area contributed by atoms with Gasteiger partial charge in [-0.15, -0.1) is 5.10 Å². The zero-order valence-corrected chi connectivity index (χ0v) is 15.3. The highest BCUT2D eigenvalue weighted by Crippen LogP contribution is 2.28. The molecule has 0 spiro atoms. The minimum absolute atomic E-state index is 0.0338. The molecule has 0 saturated carbocycles. The number of benzene rings is 1. The molecular weight excluding hydrogens is 348 g/mol. The summed E-state index contributed by atoms with van der Waals surface area (Å²) in [6.07, 6.45) is 3.15. The van der Waals surface area contributed by atoms with Crippen molar-refractivity contribution in [3.8, 4) is 5.75 Å². The zero-order valence-electron chi connectivity index (χ0n) is 15.3. The molecule has 0 fully saturated rings. The molecular formula is C19H20N4O4. The third kappa shape index (κ3) is 3.89. The summed E-state index contributed by atoms with van der Waals surface area (Å²) >= 11 is 0. The second kappa shape index (κ2) is 7.45. The third-order valence-corrected chi connectivity index (χ3v) is 4.38. The lowest BCUT2D eigenvalue weighted by Gasteiger charge is -2.30. The van der Waals surface area contributed by atoms with E-state index in [1.807, 2.05) is 6.07 Å². The van der Waals surface area contributed by atoms with E-state index in [2.05, 4.69) is 15.6 Å². The molecule has 1 atom stereocenters. The van der Waals surface area contributed by atoms with Gasteiger partial charge in [0.2, 0.25) is 0 Å². The maximum atomic E-state index is 12.9. The molecule has 0 aliphatic heterocycles. The van der Waals surface area contributed by atoms with Crippen LogP contribution in [0.15, 0.2) is 48.8 Å². The maximum Gasteiger partial charge on any atom is 0.308 e. The molecule has 1 N–H and O–H groups in total. The first-order chi connectivity index (χ1) is 12.9. The Kier molecular flexibility index (Phi) is 5.07. The number of carbonyl (C=O) groups is 2. The third-order valence-electron chi connectivity index (χ3n) is 4.38. The number of methoxy groups -OCH3 is 2. The Balaban J connectivity index is 1.94. The van der Waals surface area contributed by atoms with E-state index in [0.29, 0.717) is 11.3 Å². The first-order valence-electron chi connectivity index (χ1n) is 8.29. The second-order valence-electron chi connectivity index (χ2n) is 6.29. The summed E-state index contributed by atoms with van der Waals surface area (Å²) < 4.78 is 11.6. The smallest absolute Gasteiger partial charge is 0.308 e. The molecule has 1 amide bonds. The number of amides is 1. The fraction of sp³-hybridized carbons (Fsp3) is 0.263. The molecule has 27 heavy (non-hydrogen) atoms. The van der Waals surface area contributed by atoms with Gasteiger partial charge in [0.1, 0.15) is 5.75 Å². The highest BCUT2D eigenvalue weighted by atomic mass is 16.5. The van der Waals surface area contributed by atoms with Crippen molar-refractivity contribution in [3.63, 3.8) is 0 Å². The van der Waals surface area contributed by atoms with Crippen LogP contribution in [-0.2, 0) is 15.1 Å². The van der Waals surface area contributed by atoms with Gasteiger partial charge < -0.3 is 14.8 Å². The van der Waals surface area contributed by atoms with E-state index in [4.69, 9.17) is 9.47 Å². The van der Waals surface area contributed by atoms with Crippen molar-refractivity contribution >= 4 is 17.4 Å². The van der Waals surface area contributed by atoms with Crippen LogP contribution >= 0.6 is 0 Å². The van der Waals surface area contributed by atoms with E-state index >= 15 is 0 Å². The highest BCUT2D eigenvalue weighted by molar-refractivity contribution is 5.95. The van der Waals surface area contributed by atoms with Crippen LogP contribution < -0.4 is 10.1 Å². The van der Waals surface area contributed by atoms with Crippen LogP contribution in [0.4, 0.5) is 0 Å². The topological polar surface area (TPSA) is 94.8 Å². The number of fused-ring (bicyclic) bond motifs is 1. The molecule has 0 saturated heterocycles. The fourth-order valence-corrected chi connectivity index (χ4v) is 2.82. The highest BCUT2D eigenvalue weighted by Gasteiger charge is 2.33. The van der Waals surface area contributed by atoms with Gasteiger partial charge in [0, 0.05) is 6.20 Å². The lowest BCUT2D eigenvalue weighted by Crippen LogP contribution is -2.45. The summed E-state index contributed by atoms with van der Waals surface area (Å²) in [5.74, 6) is -0.157. The van der Waals surface area contributed by atoms with Crippen molar-refractivity contribution < 1.29 is 19.1 Å². The number of esters is 1. The van der Waals surface area contributed by atoms with Gasteiger partial charge in [-0.3, -0.25) is 9.59 Å². The molecule has 8 heteroatoms. The van der Waals surface area contributed by atoms with Crippen molar-refractivity contribution in [1.82, 2.24) is 20.1 Å². The van der Waals surface area contributed by atoms with Crippen LogP contribution in [0, 0.1) is 0 Å². The van der Waals surface area contributed by atoms with E-state index in [-0.39, 0.29) is 12.3 Å². The molecule has 3 rings (SSSR count). The quantitative estimate of drug-likeness (QED) is 0.668. The number of nitrogens with zero attached hydrogens (tertiary/aromatic N) is 3. The largest absolute Gasteiger partial charge is 0.497 e. The van der Waals surface area contributed by atoms with Crippen molar-refractivity contribution in [2.75, 3.05) is 14.2 Å². The number of pyridine rings is 1. The Morgan fingerprint density at radius 1 is 1.22 bits per heavy atom. The maximum absolute atomic E-state index is 12.9. The summed E-state index contributed by atoms with van der Waals surface area (Å²) in [4.78, 5) is 24.9. The van der Waals surface area contributed by atoms with Gasteiger partial charge >= 0.3 is 5.97 Å². The molecule has 140 valence electrons. The van der Waals surface area contributed by atoms with Gasteiger partial charge in [-0.1, -0.05) is 17.3 Å². The second-order valence-corrected chi connectivity index (χ2v) is 6.29. The van der Waals surface area contributed by atoms with Gasteiger partial charge in [-0.05, 0) is 36.8 Å². The van der Waals surface area contributed by atoms with E-state index in [0.717, 1.165) is 11.1 Å². The van der Waals surface area contributed by atoms with Crippen molar-refractivity contribution in [1.29, 1.82) is 0 Å². The monoisotopic (exact) mass is 368 g/mol. The van der Waals surface area contributed by atoms with E-state index < -0.39 is 11.5 Å². The molecule has 2 heterocycles. The molecule has 3 aromatic rings. The summed E-state index contributed by atoms with van der Waals surface area (Å²) in [6, 6.07) is 10.6. The average Bonchev–Trinajstić information content (AvgIpc) is 3.15. The van der Waals surface area contributed by atoms with Crippen LogP contribution in [0.25, 0.3) is 5.52 Å². The molecule has 0 aliphatic rings. The Morgan fingerprint density at radius 3 is 2.78 bits per heavy atom. The summed E-state index contributed by atoms with van der Waals surface area (Å²) in [7, 11) is 2.87. The molecule has 0 bridgehead atoms. The number of hydrogen-bond acceptors (Lipinski definition) is 6. The van der Waals surface area contributed by atoms with E-state index in [9.17, 15) is 9.59 Å². The first-order valence-corrected chi connectivity index (χ1v) is 8.29. The number of rotatable bonds is 6. The van der Waals surface area contributed by atoms with Crippen LogP contribution in [0.5, 0.6) is 5.75 Å². The molecule has 1 unspecified atom stereocenters. The predicted octanol–water partition coefficient (Wildman–Crippen LogP) is 1.95. The van der Waals surface area contributed by atoms with E-state index in [1.165, 1.54) is 11.6 Å². The number of nitrogens with one attached hydrogen (secondary N) is 1. The lowest BCUT2D eigenvalue weighted by atomic mass is 9.88. The Bertz CT molecular complexity index is 985. The van der Waals surface area contributed by atoms with Gasteiger partial charge in [0.25, 0.3) is 5.91 Å². The fourth-order valence-electron chi connectivity index (χ4n) is 2.82. The molecule has 2 aromatic heterocycles. The van der Waals surface area contributed by atoms with Crippen LogP contribution in [-0.4, -0.2) is 40.9 Å². The Morgan fingerprint density at radius 2 is 2.04 bits per heavy atom. The summed E-state index contributed by atoms with van der Waals surface area (Å²) in [5.41, 5.74) is 0.904. The average molecular weight is 368 g/mol. The number of hydrogen-bond donors (Lipinski definition) is 1. The molecule has 0 aliphatic carbocycles. The molecule has 1 aromatic carbocycles. The SMILES string of the molecule is COC(=O)CC(C)(NC(=O)c1ccc2cnnn2c1)c1cccc(OC)c1. The zero-order chi connectivity index (χ0) is 19.4. The van der Waals surface area contributed by atoms with E-state index in [1.54, 1.807) is 56.8 Å². The minimum atomic E-state index is -0.990. The van der Waals surface area contributed by atoms with Crippen molar-refractivity contribution in [2.45, 2.75) is 18.9 Å². The summed E-state index contributed by atoms with van der Waals surface area (Å²) in [6.45, 7) is 1.77. The number of carbonyl (C=O) groups excluding carboxylic acids is 2. The molecule has 8 nitrogen and oxygen atoms in total. The normalized spacial score (nSPS) is 13.0. The van der Waals surface area contributed by atoms with Crippen LogP contribution in [0.3, 0.4) is 0 Å². The van der Waals surface area contributed by atoms with Crippen molar-refractivity contribution in [2.24, 2.45) is 0 Å². The van der Waals surface area contributed by atoms with Gasteiger partial charge in [-0.2, -0.15) is 0 Å². The first kappa shape index (κ1) is 18.4. The standard InChI is InChI=1S/C19H20N4O4/c1-19(10-17(24)27-3,14-5-4-6-16(9-14)26-2)21-18(25)13-7-8-15-11-20-22-23(15)12-13/h4-9,11-12H,10H2,1-3H3,(H,21,25). The summed E-state index contributed by atoms with van der Waals surface area (Å²) in [5, 5.41) is 10.6. The van der Waals surface area contributed by atoms with Gasteiger partial charge in [0.05, 0.1) is 43.5 Å².